The Kier molecular flexibility index (Phi) is 4.55. The monoisotopic (exact) mass is 319 g/mol. The fourth-order valence-corrected chi connectivity index (χ4v) is 2.78. The fourth-order valence-electron chi connectivity index (χ4n) is 2.78. The third-order valence-electron chi connectivity index (χ3n) is 3.88. The number of ether oxygens (including phenoxy) is 2. The van der Waals surface area contributed by atoms with Gasteiger partial charge >= 0.3 is 12.1 Å². The Morgan fingerprint density at radius 3 is 3.13 bits per heavy atom. The van der Waals surface area contributed by atoms with Crippen LogP contribution in [-0.4, -0.2) is 49.4 Å². The lowest BCUT2D eigenvalue weighted by atomic mass is 10.1. The van der Waals surface area contributed by atoms with Gasteiger partial charge in [0.1, 0.15) is 11.9 Å². The molecule has 1 atom stereocenters. The maximum atomic E-state index is 11.9. The van der Waals surface area contributed by atoms with Gasteiger partial charge in [-0.1, -0.05) is 0 Å². The minimum absolute atomic E-state index is 0.179. The van der Waals surface area contributed by atoms with E-state index in [4.69, 9.17) is 9.47 Å². The Morgan fingerprint density at radius 2 is 2.30 bits per heavy atom. The van der Waals surface area contributed by atoms with E-state index in [1.54, 1.807) is 4.90 Å². The average Bonchev–Trinajstić information content (AvgIpc) is 2.88. The Hall–Kier alpha value is -2.44. The van der Waals surface area contributed by atoms with Gasteiger partial charge in [-0.05, 0) is 37.1 Å². The van der Waals surface area contributed by atoms with Crippen molar-refractivity contribution in [2.45, 2.75) is 25.9 Å². The van der Waals surface area contributed by atoms with Crippen LogP contribution in [0.5, 0.6) is 5.75 Å². The van der Waals surface area contributed by atoms with E-state index in [1.165, 1.54) is 0 Å². The van der Waals surface area contributed by atoms with Crippen LogP contribution in [0.15, 0.2) is 18.2 Å². The van der Waals surface area contributed by atoms with Crippen molar-refractivity contribution in [3.63, 3.8) is 0 Å². The van der Waals surface area contributed by atoms with Gasteiger partial charge < -0.3 is 25.0 Å². The van der Waals surface area contributed by atoms with Crippen LogP contribution in [0.3, 0.4) is 0 Å². The predicted octanol–water partition coefficient (Wildman–Crippen LogP) is 1.97. The topological polar surface area (TPSA) is 79.9 Å². The first-order valence-corrected chi connectivity index (χ1v) is 7.88. The zero-order valence-electron chi connectivity index (χ0n) is 13.1. The number of fused-ring (bicyclic) bond motifs is 1. The summed E-state index contributed by atoms with van der Waals surface area (Å²) in [4.78, 5) is 25.0. The second kappa shape index (κ2) is 6.76. The van der Waals surface area contributed by atoms with Gasteiger partial charge in [-0.2, -0.15) is 0 Å². The van der Waals surface area contributed by atoms with Gasteiger partial charge in [0.2, 0.25) is 0 Å². The smallest absolute Gasteiger partial charge is 0.409 e. The number of anilines is 1. The Labute approximate surface area is 134 Å². The fraction of sp³-hybridized carbons (Fsp3) is 0.500. The van der Waals surface area contributed by atoms with Gasteiger partial charge in [0, 0.05) is 31.7 Å². The molecule has 7 nitrogen and oxygen atoms in total. The van der Waals surface area contributed by atoms with Gasteiger partial charge in [-0.15, -0.1) is 0 Å². The number of urea groups is 1. The van der Waals surface area contributed by atoms with E-state index in [-0.39, 0.29) is 18.2 Å². The lowest BCUT2D eigenvalue weighted by molar-refractivity contribution is 0.0736. The third kappa shape index (κ3) is 3.85. The van der Waals surface area contributed by atoms with Crippen molar-refractivity contribution in [3.05, 3.63) is 23.8 Å². The largest absolute Gasteiger partial charge is 0.490 e. The molecule has 0 aliphatic carbocycles. The lowest BCUT2D eigenvalue weighted by Crippen LogP contribution is -2.43. The molecular formula is C16H21N3O4. The van der Waals surface area contributed by atoms with Gasteiger partial charge in [-0.3, -0.25) is 0 Å². The number of carbonyl (C=O) groups is 2. The van der Waals surface area contributed by atoms with Crippen molar-refractivity contribution < 1.29 is 19.1 Å². The zero-order chi connectivity index (χ0) is 16.2. The summed E-state index contributed by atoms with van der Waals surface area (Å²) in [5, 5.41) is 5.54. The molecule has 0 saturated carbocycles. The minimum Gasteiger partial charge on any atom is -0.490 e. The quantitative estimate of drug-likeness (QED) is 0.889. The summed E-state index contributed by atoms with van der Waals surface area (Å²) in [7, 11) is 0. The number of cyclic esters (lactones) is 1. The lowest BCUT2D eigenvalue weighted by Gasteiger charge is -2.26. The van der Waals surface area contributed by atoms with Crippen LogP contribution in [0.2, 0.25) is 0 Å². The molecule has 7 heteroatoms. The molecule has 1 aromatic rings. The van der Waals surface area contributed by atoms with Crippen LogP contribution in [-0.2, 0) is 11.2 Å². The number of hydrogen-bond acceptors (Lipinski definition) is 4. The van der Waals surface area contributed by atoms with Gasteiger partial charge in [-0.25, -0.2) is 9.59 Å². The standard InChI is InChI=1S/C16H21N3O4/c1-11-9-12-10-13(3-4-14(12)23-11)18-15(20)17-5-7-19-6-2-8-22-16(19)21/h3-4,10-11H,2,5-9H2,1H3,(H2,17,18,20)/t11-/m0/s1. The second-order valence-corrected chi connectivity index (χ2v) is 5.79. The van der Waals surface area contributed by atoms with E-state index in [0.717, 1.165) is 29.8 Å². The van der Waals surface area contributed by atoms with Gasteiger partial charge in [0.25, 0.3) is 0 Å². The maximum Gasteiger partial charge on any atom is 0.409 e. The summed E-state index contributed by atoms with van der Waals surface area (Å²) in [6.07, 6.45) is 1.54. The van der Waals surface area contributed by atoms with Gasteiger partial charge in [0.05, 0.1) is 6.61 Å². The molecule has 1 fully saturated rings. The summed E-state index contributed by atoms with van der Waals surface area (Å²) in [6, 6.07) is 5.33. The molecule has 23 heavy (non-hydrogen) atoms. The number of carbonyl (C=O) groups excluding carboxylic acids is 2. The first kappa shape index (κ1) is 15.5. The van der Waals surface area contributed by atoms with Crippen LogP contribution in [0.25, 0.3) is 0 Å². The zero-order valence-corrected chi connectivity index (χ0v) is 13.1. The van der Waals surface area contributed by atoms with Crippen molar-refractivity contribution in [2.24, 2.45) is 0 Å². The van der Waals surface area contributed by atoms with Crippen molar-refractivity contribution >= 4 is 17.8 Å². The summed E-state index contributed by atoms with van der Waals surface area (Å²) >= 11 is 0. The molecule has 124 valence electrons. The van der Waals surface area contributed by atoms with Crippen molar-refractivity contribution in [1.82, 2.24) is 10.2 Å². The van der Waals surface area contributed by atoms with Crippen LogP contribution in [0, 0.1) is 0 Å². The number of nitrogens with zero attached hydrogens (tertiary/aromatic N) is 1. The first-order valence-electron chi connectivity index (χ1n) is 7.88. The van der Waals surface area contributed by atoms with Crippen LogP contribution in [0.4, 0.5) is 15.3 Å². The van der Waals surface area contributed by atoms with E-state index in [1.807, 2.05) is 25.1 Å². The van der Waals surface area contributed by atoms with E-state index in [2.05, 4.69) is 10.6 Å². The van der Waals surface area contributed by atoms with Crippen molar-refractivity contribution in [3.8, 4) is 5.75 Å². The van der Waals surface area contributed by atoms with E-state index >= 15 is 0 Å². The number of amides is 3. The molecule has 0 bridgehead atoms. The van der Waals surface area contributed by atoms with E-state index in [9.17, 15) is 9.59 Å². The normalized spacial score (nSPS) is 19.6. The molecule has 0 unspecified atom stereocenters. The first-order chi connectivity index (χ1) is 11.1. The molecule has 1 aromatic carbocycles. The van der Waals surface area contributed by atoms with Crippen LogP contribution in [0.1, 0.15) is 18.9 Å². The number of hydrogen-bond donors (Lipinski definition) is 2. The van der Waals surface area contributed by atoms with Crippen molar-refractivity contribution in [1.29, 1.82) is 0 Å². The highest BCUT2D eigenvalue weighted by molar-refractivity contribution is 5.89. The highest BCUT2D eigenvalue weighted by atomic mass is 16.6. The summed E-state index contributed by atoms with van der Waals surface area (Å²) < 4.78 is 10.6. The number of rotatable bonds is 4. The van der Waals surface area contributed by atoms with Crippen LogP contribution < -0.4 is 15.4 Å². The molecule has 1 saturated heterocycles. The molecule has 0 radical (unpaired) electrons. The molecule has 2 aliphatic heterocycles. The van der Waals surface area contributed by atoms with E-state index in [0.29, 0.717) is 26.2 Å². The SMILES string of the molecule is C[C@H]1Cc2cc(NC(=O)NCCN3CCCOC3=O)ccc2O1. The molecule has 3 amide bonds. The Morgan fingerprint density at radius 1 is 1.43 bits per heavy atom. The molecule has 3 rings (SSSR count). The molecule has 2 aliphatic rings. The van der Waals surface area contributed by atoms with Crippen molar-refractivity contribution in [2.75, 3.05) is 31.6 Å². The highest BCUT2D eigenvalue weighted by Gasteiger charge is 2.20. The summed E-state index contributed by atoms with van der Waals surface area (Å²) in [5.41, 5.74) is 1.84. The Balaban J connectivity index is 1.44. The predicted molar refractivity (Wildman–Crippen MR) is 84.8 cm³/mol. The number of benzene rings is 1. The summed E-state index contributed by atoms with van der Waals surface area (Å²) in [5.74, 6) is 0.882. The van der Waals surface area contributed by atoms with Crippen LogP contribution >= 0.6 is 0 Å². The second-order valence-electron chi connectivity index (χ2n) is 5.79. The summed E-state index contributed by atoms with van der Waals surface area (Å²) in [6.45, 7) is 3.99. The Bertz CT molecular complexity index is 605. The molecule has 2 N–H and O–H groups in total. The molecular weight excluding hydrogens is 298 g/mol. The van der Waals surface area contributed by atoms with E-state index < -0.39 is 0 Å². The molecule has 0 spiro atoms. The maximum absolute atomic E-state index is 11.9. The third-order valence-corrected chi connectivity index (χ3v) is 3.88. The molecule has 0 aromatic heterocycles. The highest BCUT2D eigenvalue weighted by Crippen LogP contribution is 2.30. The average molecular weight is 319 g/mol. The number of nitrogens with one attached hydrogen (secondary N) is 2. The minimum atomic E-state index is -0.314. The van der Waals surface area contributed by atoms with Gasteiger partial charge in [0.15, 0.2) is 0 Å². The molecule has 2 heterocycles.